The molecular formula is C17H20Cl2N2O2. The lowest BCUT2D eigenvalue weighted by Gasteiger charge is -2.21. The maximum Gasteiger partial charge on any atom is 0.277 e. The summed E-state index contributed by atoms with van der Waals surface area (Å²) >= 11 is 11.8. The van der Waals surface area contributed by atoms with Crippen LogP contribution >= 0.6 is 23.2 Å². The highest BCUT2D eigenvalue weighted by molar-refractivity contribution is 6.35. The molecule has 124 valence electrons. The van der Waals surface area contributed by atoms with Crippen LogP contribution < -0.4 is 10.2 Å². The van der Waals surface area contributed by atoms with E-state index in [0.717, 1.165) is 17.5 Å². The number of fused-ring (bicyclic) bond motifs is 2. The molecule has 2 saturated carbocycles. The predicted molar refractivity (Wildman–Crippen MR) is 92.1 cm³/mol. The van der Waals surface area contributed by atoms with Crippen LogP contribution in [0.5, 0.6) is 5.75 Å². The molecule has 0 radical (unpaired) electrons. The number of hydrogen-bond acceptors (Lipinski definition) is 3. The van der Waals surface area contributed by atoms with Gasteiger partial charge < -0.3 is 4.74 Å². The summed E-state index contributed by atoms with van der Waals surface area (Å²) in [5, 5.41) is 5.16. The molecule has 0 aromatic heterocycles. The molecule has 3 atom stereocenters. The van der Waals surface area contributed by atoms with E-state index in [1.807, 2.05) is 6.92 Å². The number of nitrogens with one attached hydrogen (secondary N) is 1. The summed E-state index contributed by atoms with van der Waals surface area (Å²) in [6.45, 7) is 1.87. The van der Waals surface area contributed by atoms with Crippen molar-refractivity contribution in [2.45, 2.75) is 32.6 Å². The van der Waals surface area contributed by atoms with Gasteiger partial charge in [-0.3, -0.25) is 4.79 Å². The van der Waals surface area contributed by atoms with E-state index in [9.17, 15) is 4.79 Å². The largest absolute Gasteiger partial charge is 0.482 e. The zero-order chi connectivity index (χ0) is 16.4. The van der Waals surface area contributed by atoms with E-state index in [4.69, 9.17) is 27.9 Å². The van der Waals surface area contributed by atoms with Crippen LogP contribution in [0.1, 0.15) is 32.6 Å². The van der Waals surface area contributed by atoms with Crippen LogP contribution in [0.2, 0.25) is 10.0 Å². The second-order valence-corrected chi connectivity index (χ2v) is 7.28. The first-order valence-electron chi connectivity index (χ1n) is 7.94. The lowest BCUT2D eigenvalue weighted by atomic mass is 9.86. The van der Waals surface area contributed by atoms with Crippen molar-refractivity contribution in [1.82, 2.24) is 5.43 Å². The molecule has 0 heterocycles. The van der Waals surface area contributed by atoms with Gasteiger partial charge in [0.2, 0.25) is 0 Å². The molecule has 23 heavy (non-hydrogen) atoms. The van der Waals surface area contributed by atoms with E-state index >= 15 is 0 Å². The maximum absolute atomic E-state index is 11.9. The van der Waals surface area contributed by atoms with Crippen molar-refractivity contribution in [2.75, 3.05) is 6.61 Å². The van der Waals surface area contributed by atoms with Gasteiger partial charge in [0, 0.05) is 16.7 Å². The molecule has 0 aliphatic heterocycles. The van der Waals surface area contributed by atoms with E-state index < -0.39 is 0 Å². The quantitative estimate of drug-likeness (QED) is 0.632. The third kappa shape index (κ3) is 3.99. The van der Waals surface area contributed by atoms with E-state index in [0.29, 0.717) is 21.7 Å². The minimum Gasteiger partial charge on any atom is -0.482 e. The number of halogens is 2. The van der Waals surface area contributed by atoms with Gasteiger partial charge in [0.1, 0.15) is 5.75 Å². The van der Waals surface area contributed by atoms with Crippen LogP contribution in [-0.4, -0.2) is 18.2 Å². The first kappa shape index (κ1) is 16.6. The van der Waals surface area contributed by atoms with Gasteiger partial charge in [-0.05, 0) is 56.2 Å². The van der Waals surface area contributed by atoms with Crippen molar-refractivity contribution < 1.29 is 9.53 Å². The Morgan fingerprint density at radius 1 is 1.35 bits per heavy atom. The molecular weight excluding hydrogens is 335 g/mol. The van der Waals surface area contributed by atoms with Crippen LogP contribution in [0.3, 0.4) is 0 Å². The van der Waals surface area contributed by atoms with Gasteiger partial charge >= 0.3 is 0 Å². The van der Waals surface area contributed by atoms with Gasteiger partial charge in [0.25, 0.3) is 5.91 Å². The summed E-state index contributed by atoms with van der Waals surface area (Å²) in [7, 11) is 0. The van der Waals surface area contributed by atoms with Crippen LogP contribution in [0.4, 0.5) is 0 Å². The fourth-order valence-corrected chi connectivity index (χ4v) is 4.22. The van der Waals surface area contributed by atoms with Gasteiger partial charge in [0.05, 0.1) is 5.02 Å². The van der Waals surface area contributed by atoms with Crippen LogP contribution in [0, 0.1) is 17.8 Å². The van der Waals surface area contributed by atoms with Crippen molar-refractivity contribution in [2.24, 2.45) is 22.9 Å². The monoisotopic (exact) mass is 354 g/mol. The van der Waals surface area contributed by atoms with Gasteiger partial charge in [-0.25, -0.2) is 5.43 Å². The van der Waals surface area contributed by atoms with E-state index in [1.54, 1.807) is 18.2 Å². The molecule has 1 aromatic rings. The Hall–Kier alpha value is -1.26. The number of benzene rings is 1. The Labute approximate surface area is 146 Å². The summed E-state index contributed by atoms with van der Waals surface area (Å²) in [5.74, 6) is 2.28. The minimum atomic E-state index is -0.293. The summed E-state index contributed by atoms with van der Waals surface area (Å²) in [6, 6.07) is 4.88. The number of carbonyl (C=O) groups excluding carboxylic acids is 1. The first-order chi connectivity index (χ1) is 11.0. The van der Waals surface area contributed by atoms with E-state index in [2.05, 4.69) is 10.5 Å². The SMILES string of the molecule is CC(=NNC(=O)COc1ccc(Cl)cc1Cl)C1CC2CCC1C2. The molecule has 1 N–H and O–H groups in total. The fraction of sp³-hybridized carbons (Fsp3) is 0.529. The Bertz CT molecular complexity index is 633. The topological polar surface area (TPSA) is 50.7 Å². The predicted octanol–water partition coefficient (Wildman–Crippen LogP) is 4.30. The molecule has 1 amide bonds. The molecule has 1 aromatic carbocycles. The Kier molecular flexibility index (Phi) is 5.12. The summed E-state index contributed by atoms with van der Waals surface area (Å²) < 4.78 is 5.39. The third-order valence-corrected chi connectivity index (χ3v) is 5.41. The average Bonchev–Trinajstić information content (AvgIpc) is 3.14. The molecule has 0 saturated heterocycles. The average molecular weight is 355 g/mol. The van der Waals surface area contributed by atoms with Crippen molar-refractivity contribution in [3.8, 4) is 5.75 Å². The first-order valence-corrected chi connectivity index (χ1v) is 8.69. The van der Waals surface area contributed by atoms with Crippen molar-refractivity contribution in [1.29, 1.82) is 0 Å². The van der Waals surface area contributed by atoms with E-state index in [-0.39, 0.29) is 12.5 Å². The molecule has 0 spiro atoms. The molecule has 2 bridgehead atoms. The molecule has 3 rings (SSSR count). The molecule has 3 unspecified atom stereocenters. The van der Waals surface area contributed by atoms with Crippen molar-refractivity contribution in [3.63, 3.8) is 0 Å². The highest BCUT2D eigenvalue weighted by Crippen LogP contribution is 2.48. The normalized spacial score (nSPS) is 26.4. The minimum absolute atomic E-state index is 0.130. The van der Waals surface area contributed by atoms with Crippen molar-refractivity contribution in [3.05, 3.63) is 28.2 Å². The molecule has 6 heteroatoms. The molecule has 2 fully saturated rings. The van der Waals surface area contributed by atoms with Crippen LogP contribution in [0.15, 0.2) is 23.3 Å². The Morgan fingerprint density at radius 2 is 2.17 bits per heavy atom. The zero-order valence-corrected chi connectivity index (χ0v) is 14.5. The Morgan fingerprint density at radius 3 is 2.83 bits per heavy atom. The number of carbonyl (C=O) groups is 1. The highest BCUT2D eigenvalue weighted by Gasteiger charge is 2.40. The molecule has 2 aliphatic carbocycles. The van der Waals surface area contributed by atoms with Crippen LogP contribution in [-0.2, 0) is 4.79 Å². The zero-order valence-electron chi connectivity index (χ0n) is 13.0. The lowest BCUT2D eigenvalue weighted by molar-refractivity contribution is -0.123. The standard InChI is InChI=1S/C17H20Cl2N2O2/c1-10(14-7-11-2-3-12(14)6-11)20-21-17(22)9-23-16-5-4-13(18)8-15(16)19/h4-5,8,11-12,14H,2-3,6-7,9H2,1H3,(H,21,22). The van der Waals surface area contributed by atoms with Gasteiger partial charge in [-0.2, -0.15) is 5.10 Å². The third-order valence-electron chi connectivity index (χ3n) is 4.88. The molecule has 4 nitrogen and oxygen atoms in total. The number of rotatable bonds is 5. The van der Waals surface area contributed by atoms with Crippen molar-refractivity contribution >= 4 is 34.8 Å². The van der Waals surface area contributed by atoms with Crippen LogP contribution in [0.25, 0.3) is 0 Å². The summed E-state index contributed by atoms with van der Waals surface area (Å²) in [5.41, 5.74) is 3.60. The number of ether oxygens (including phenoxy) is 1. The Balaban J connectivity index is 1.48. The smallest absolute Gasteiger partial charge is 0.277 e. The maximum atomic E-state index is 11.9. The van der Waals surface area contributed by atoms with Gasteiger partial charge in [-0.15, -0.1) is 0 Å². The second kappa shape index (κ2) is 7.10. The van der Waals surface area contributed by atoms with E-state index in [1.165, 1.54) is 25.7 Å². The van der Waals surface area contributed by atoms with Gasteiger partial charge in [0.15, 0.2) is 6.61 Å². The number of amides is 1. The highest BCUT2D eigenvalue weighted by atomic mass is 35.5. The number of hydrogen-bond donors (Lipinski definition) is 1. The fourth-order valence-electron chi connectivity index (χ4n) is 3.76. The number of hydrazone groups is 1. The molecule has 2 aliphatic rings. The number of nitrogens with zero attached hydrogens (tertiary/aromatic N) is 1. The summed E-state index contributed by atoms with van der Waals surface area (Å²) in [6.07, 6.45) is 5.20. The second-order valence-electron chi connectivity index (χ2n) is 6.43. The lowest BCUT2D eigenvalue weighted by Crippen LogP contribution is -2.28. The summed E-state index contributed by atoms with van der Waals surface area (Å²) in [4.78, 5) is 11.9. The van der Waals surface area contributed by atoms with Gasteiger partial charge in [-0.1, -0.05) is 29.6 Å².